The van der Waals surface area contributed by atoms with Crippen LogP contribution in [0.5, 0.6) is 11.5 Å². The summed E-state index contributed by atoms with van der Waals surface area (Å²) >= 11 is 1.69. The summed E-state index contributed by atoms with van der Waals surface area (Å²) in [6.45, 7) is 0. The lowest BCUT2D eigenvalue weighted by Crippen LogP contribution is -2.30. The Kier molecular flexibility index (Phi) is 5.83. The number of rotatable bonds is 4. The topological polar surface area (TPSA) is 29.2 Å². The Morgan fingerprint density at radius 1 is 0.595 bits per heavy atom. The zero-order chi connectivity index (χ0) is 28.0. The van der Waals surface area contributed by atoms with Crippen molar-refractivity contribution in [2.75, 3.05) is 4.90 Å². The van der Waals surface area contributed by atoms with Gasteiger partial charge in [0.1, 0.15) is 7.05 Å². The third kappa shape index (κ3) is 4.23. The minimum absolute atomic E-state index is 0.812. The second-order valence-corrected chi connectivity index (χ2v) is 11.4. The highest BCUT2D eigenvalue weighted by Gasteiger charge is 2.29. The number of fused-ring (bicyclic) bond motifs is 3. The van der Waals surface area contributed by atoms with Crippen LogP contribution in [0.3, 0.4) is 0 Å². The van der Waals surface area contributed by atoms with Gasteiger partial charge < -0.3 is 4.74 Å². The molecule has 8 rings (SSSR count). The molecule has 0 atom stereocenters. The molecular formula is C37H26N3OS+. The van der Waals surface area contributed by atoms with Crippen molar-refractivity contribution in [2.45, 2.75) is 0 Å². The summed E-state index contributed by atoms with van der Waals surface area (Å²) in [6.07, 6.45) is 2.13. The smallest absolute Gasteiger partial charge is 0.212 e. The van der Waals surface area contributed by atoms with E-state index in [-0.39, 0.29) is 0 Å². The van der Waals surface area contributed by atoms with E-state index in [9.17, 15) is 0 Å². The highest BCUT2D eigenvalue weighted by atomic mass is 32.1. The van der Waals surface area contributed by atoms with E-state index in [1.165, 1.54) is 22.3 Å². The normalized spacial score (nSPS) is 12.1. The highest BCUT2D eigenvalue weighted by molar-refractivity contribution is 7.22. The number of para-hydroxylation sites is 3. The zero-order valence-electron chi connectivity index (χ0n) is 22.9. The number of aryl methyl sites for hydroxylation is 1. The second-order valence-electron chi connectivity index (χ2n) is 10.4. The Bertz CT molecular complexity index is 2050. The van der Waals surface area contributed by atoms with Gasteiger partial charge in [0, 0.05) is 17.7 Å². The van der Waals surface area contributed by atoms with Gasteiger partial charge in [0.15, 0.2) is 22.8 Å². The Morgan fingerprint density at radius 2 is 1.26 bits per heavy atom. The first-order valence-electron chi connectivity index (χ1n) is 13.9. The number of aromatic nitrogens is 2. The molecule has 42 heavy (non-hydrogen) atoms. The van der Waals surface area contributed by atoms with Crippen LogP contribution in [0.25, 0.3) is 43.7 Å². The maximum atomic E-state index is 6.39. The van der Waals surface area contributed by atoms with E-state index < -0.39 is 0 Å². The Balaban J connectivity index is 1.21. The molecular weight excluding hydrogens is 534 g/mol. The lowest BCUT2D eigenvalue weighted by atomic mass is 9.99. The van der Waals surface area contributed by atoms with E-state index in [0.717, 1.165) is 49.5 Å². The summed E-state index contributed by atoms with van der Waals surface area (Å²) in [6, 6.07) is 46.6. The van der Waals surface area contributed by atoms with E-state index in [1.54, 1.807) is 11.3 Å². The summed E-state index contributed by atoms with van der Waals surface area (Å²) in [7, 11) is 2.09. The lowest BCUT2D eigenvalue weighted by molar-refractivity contribution is -0.660. The summed E-state index contributed by atoms with van der Waals surface area (Å²) in [5.41, 5.74) is 9.97. The summed E-state index contributed by atoms with van der Waals surface area (Å²) in [5.74, 6) is 1.63. The quantitative estimate of drug-likeness (QED) is 0.201. The molecule has 0 saturated carbocycles. The maximum Gasteiger partial charge on any atom is 0.212 e. The number of thiazole rings is 1. The third-order valence-electron chi connectivity index (χ3n) is 7.77. The van der Waals surface area contributed by atoms with E-state index in [2.05, 4.69) is 126 Å². The predicted molar refractivity (Wildman–Crippen MR) is 172 cm³/mol. The van der Waals surface area contributed by atoms with Crippen LogP contribution in [0.2, 0.25) is 0 Å². The van der Waals surface area contributed by atoms with Gasteiger partial charge in [0.05, 0.1) is 21.6 Å². The molecule has 3 heterocycles. The molecule has 0 N–H and O–H groups in total. The van der Waals surface area contributed by atoms with Crippen LogP contribution < -0.4 is 14.2 Å². The molecule has 0 unspecified atom stereocenters. The number of benzene rings is 5. The molecule has 0 bridgehead atoms. The number of pyridine rings is 1. The molecule has 0 radical (unpaired) electrons. The van der Waals surface area contributed by atoms with Gasteiger partial charge in [0.2, 0.25) is 5.69 Å². The fourth-order valence-corrected chi connectivity index (χ4v) is 6.59. The van der Waals surface area contributed by atoms with Crippen LogP contribution in [0.15, 0.2) is 140 Å². The van der Waals surface area contributed by atoms with Crippen molar-refractivity contribution in [1.29, 1.82) is 0 Å². The number of ether oxygens (including phenoxy) is 1. The van der Waals surface area contributed by atoms with Crippen molar-refractivity contribution in [1.82, 2.24) is 4.98 Å². The van der Waals surface area contributed by atoms with Crippen molar-refractivity contribution in [3.8, 4) is 45.0 Å². The number of anilines is 3. The first-order valence-corrected chi connectivity index (χ1v) is 14.8. The molecule has 0 saturated heterocycles. The molecule has 0 amide bonds. The van der Waals surface area contributed by atoms with E-state index >= 15 is 0 Å². The average molecular weight is 561 g/mol. The van der Waals surface area contributed by atoms with Crippen molar-refractivity contribution in [2.24, 2.45) is 7.05 Å². The molecule has 2 aromatic heterocycles. The van der Waals surface area contributed by atoms with E-state index in [0.29, 0.717) is 0 Å². The standard InChI is InChI=1S/C37H26N3OS/c1-39-22-21-28(27-17-15-26(16-18-27)25-9-3-2-4-10-25)23-32(39)29-19-20-35-33(24-29)40(31-12-6-7-13-34(31)41-35)37-38-30-11-5-8-14-36(30)42-37/h2-24H,1H3/q+1. The van der Waals surface area contributed by atoms with Crippen LogP contribution in [0.1, 0.15) is 0 Å². The maximum absolute atomic E-state index is 6.39. The predicted octanol–water partition coefficient (Wildman–Crippen LogP) is 9.70. The van der Waals surface area contributed by atoms with Gasteiger partial charge in [-0.15, -0.1) is 0 Å². The number of nitrogens with zero attached hydrogens (tertiary/aromatic N) is 3. The van der Waals surface area contributed by atoms with Gasteiger partial charge in [-0.3, -0.25) is 4.90 Å². The molecule has 200 valence electrons. The van der Waals surface area contributed by atoms with Crippen LogP contribution >= 0.6 is 11.3 Å². The minimum Gasteiger partial charge on any atom is -0.453 e. The first-order chi connectivity index (χ1) is 20.7. The Labute approximate surface area is 248 Å². The van der Waals surface area contributed by atoms with Crippen molar-refractivity contribution < 1.29 is 9.30 Å². The molecule has 0 fully saturated rings. The summed E-state index contributed by atoms with van der Waals surface area (Å²) in [5, 5.41) is 0.919. The van der Waals surface area contributed by atoms with Crippen molar-refractivity contribution in [3.05, 3.63) is 140 Å². The van der Waals surface area contributed by atoms with Gasteiger partial charge in [0.25, 0.3) is 0 Å². The first kappa shape index (κ1) is 24.5. The molecule has 5 aromatic carbocycles. The fraction of sp³-hybridized carbons (Fsp3) is 0.0270. The third-order valence-corrected chi connectivity index (χ3v) is 8.79. The molecule has 5 heteroatoms. The number of hydrogen-bond acceptors (Lipinski definition) is 4. The van der Waals surface area contributed by atoms with Crippen LogP contribution in [-0.2, 0) is 7.05 Å². The van der Waals surface area contributed by atoms with Crippen LogP contribution in [-0.4, -0.2) is 4.98 Å². The van der Waals surface area contributed by atoms with Crippen LogP contribution in [0.4, 0.5) is 16.5 Å². The van der Waals surface area contributed by atoms with Gasteiger partial charge in [-0.2, -0.15) is 0 Å². The largest absolute Gasteiger partial charge is 0.453 e. The van der Waals surface area contributed by atoms with E-state index in [4.69, 9.17) is 9.72 Å². The van der Waals surface area contributed by atoms with Gasteiger partial charge in [-0.25, -0.2) is 9.55 Å². The molecule has 7 aromatic rings. The highest BCUT2D eigenvalue weighted by Crippen LogP contribution is 2.52. The summed E-state index contributed by atoms with van der Waals surface area (Å²) in [4.78, 5) is 7.25. The molecule has 4 nitrogen and oxygen atoms in total. The SMILES string of the molecule is C[n+]1ccc(-c2ccc(-c3ccccc3)cc2)cc1-c1ccc2c(c1)N(c1nc3ccccc3s1)c1ccccc1O2. The van der Waals surface area contributed by atoms with Gasteiger partial charge in [-0.05, 0) is 64.7 Å². The minimum atomic E-state index is 0.812. The monoisotopic (exact) mass is 560 g/mol. The zero-order valence-corrected chi connectivity index (χ0v) is 23.8. The van der Waals surface area contributed by atoms with E-state index in [1.807, 2.05) is 30.3 Å². The van der Waals surface area contributed by atoms with Gasteiger partial charge in [-0.1, -0.05) is 90.2 Å². The van der Waals surface area contributed by atoms with Crippen molar-refractivity contribution >= 4 is 38.1 Å². The summed E-state index contributed by atoms with van der Waals surface area (Å²) < 4.78 is 9.72. The van der Waals surface area contributed by atoms with Gasteiger partial charge >= 0.3 is 0 Å². The molecule has 0 spiro atoms. The Hall–Kier alpha value is -5.26. The Morgan fingerprint density at radius 3 is 2.10 bits per heavy atom. The molecule has 0 aliphatic carbocycles. The van der Waals surface area contributed by atoms with Crippen molar-refractivity contribution in [3.63, 3.8) is 0 Å². The second kappa shape index (κ2) is 9.98. The number of hydrogen-bond donors (Lipinski definition) is 0. The molecule has 1 aliphatic heterocycles. The fourth-order valence-electron chi connectivity index (χ4n) is 5.60. The lowest BCUT2D eigenvalue weighted by Gasteiger charge is -2.31. The van der Waals surface area contributed by atoms with Crippen LogP contribution in [0, 0.1) is 0 Å². The average Bonchev–Trinajstić information content (AvgIpc) is 3.48. The molecule has 1 aliphatic rings.